The third kappa shape index (κ3) is 34.8. The Kier molecular flexibility index (Phi) is 47.4. The highest BCUT2D eigenvalue weighted by Gasteiger charge is 2.53. The molecule has 1 fully saturated rings. The van der Waals surface area contributed by atoms with Crippen LogP contribution in [0.5, 0.6) is 28.7 Å². The second kappa shape index (κ2) is 56.6. The fraction of sp³-hybridized carbons (Fsp3) is 0.681. The highest BCUT2D eigenvalue weighted by atomic mass is 16.7. The van der Waals surface area contributed by atoms with Gasteiger partial charge in [0, 0.05) is 11.8 Å². The van der Waals surface area contributed by atoms with Crippen LogP contribution in [0.15, 0.2) is 107 Å². The number of aromatic nitrogens is 2. The molecule has 6 rings (SSSR count). The van der Waals surface area contributed by atoms with Gasteiger partial charge in [-0.1, -0.05) is 364 Å². The summed E-state index contributed by atoms with van der Waals surface area (Å²) < 4.78 is 57.8. The third-order valence-electron chi connectivity index (χ3n) is 22.0. The number of hydrogen-bond donors (Lipinski definition) is 2. The number of H-pyrrole nitrogens is 1. The third-order valence-corrected chi connectivity index (χ3v) is 22.0. The maximum Gasteiger partial charge on any atom is 0.346 e. The second-order valence-corrected chi connectivity index (χ2v) is 31.2. The first-order valence-electron chi connectivity index (χ1n) is 44.0. The average molecular weight is 1530 g/mol. The molecule has 616 valence electrons. The molecule has 4 aromatic carbocycles. The molecule has 110 heavy (non-hydrogen) atoms. The standard InChI is InChI=1S/C94H146N2O14/c1-7-10-13-16-19-22-25-28-31-34-37-40-43-46-49-55-68-104-84-71-78(72-85(105-69-56-50-47-44-41-38-35-32-29-26-23-20-17-14-11-8-2)89(84)106-70-57-51-48-45-42-39-36-33-30-27-24-21-18-15-12-9-3)91(99)107-76-88(97)110-93(101)73-87(96-74-77(4)90(98)95-92(96)100)109-86(93)75-108-94(79-58-53-52-54-59-79,80-60-64-82(102-5)65-61-80)81-62-66-83(103-6)67-63-81/h52-54,58-67,71-72,74,86-87,101H,7-51,55-57,68-70,73,75-76H2,1-6H3,(H,95,98,100)/t86-,87-,93-/m1/s1. The fourth-order valence-electron chi connectivity index (χ4n) is 15.2. The molecule has 0 radical (unpaired) electrons. The minimum Gasteiger partial charge on any atom is -0.497 e. The molecule has 1 aliphatic heterocycles. The lowest BCUT2D eigenvalue weighted by atomic mass is 9.80. The SMILES string of the molecule is CCCCCCCCCCCCCCCCCCOc1cc(C(=O)OCC(=O)O[C@]2(O)C[C@H](n3cc(C)c(=O)[nH]c3=O)O[C@@H]2COC(c2ccccc2)(c2ccc(OC)cc2)c2ccc(OC)cc2)cc(OCCCCCCCCCCCCCCCCCC)c1OCCCCCCCCCCCCCCCCCC. The summed E-state index contributed by atoms with van der Waals surface area (Å²) in [4.78, 5) is 57.5. The van der Waals surface area contributed by atoms with Crippen LogP contribution in [0, 0.1) is 6.92 Å². The molecule has 5 aromatic rings. The van der Waals surface area contributed by atoms with E-state index in [4.69, 9.17) is 42.6 Å². The van der Waals surface area contributed by atoms with Gasteiger partial charge >= 0.3 is 17.6 Å². The molecule has 16 nitrogen and oxygen atoms in total. The quantitative estimate of drug-likeness (QED) is 0.0162. The number of ether oxygens (including phenoxy) is 9. The predicted molar refractivity (Wildman–Crippen MR) is 446 cm³/mol. The van der Waals surface area contributed by atoms with Crippen molar-refractivity contribution in [1.29, 1.82) is 0 Å². The lowest BCUT2D eigenvalue weighted by molar-refractivity contribution is -0.239. The van der Waals surface area contributed by atoms with E-state index in [1.165, 1.54) is 257 Å². The topological polar surface area (TPSA) is 192 Å². The maximum atomic E-state index is 14.6. The van der Waals surface area contributed by atoms with Crippen molar-refractivity contribution < 1.29 is 57.3 Å². The van der Waals surface area contributed by atoms with Crippen molar-refractivity contribution in [2.45, 2.75) is 366 Å². The number of methoxy groups -OCH3 is 2. The lowest BCUT2D eigenvalue weighted by Crippen LogP contribution is -2.47. The Morgan fingerprint density at radius 3 is 1.19 bits per heavy atom. The highest BCUT2D eigenvalue weighted by Crippen LogP contribution is 2.45. The Balaban J connectivity index is 1.17. The minimum absolute atomic E-state index is 0.0906. The Morgan fingerprint density at radius 1 is 0.482 bits per heavy atom. The molecule has 0 aliphatic carbocycles. The first kappa shape index (κ1) is 92.3. The van der Waals surface area contributed by atoms with E-state index in [9.17, 15) is 24.3 Å². The number of benzene rings is 4. The number of rotatable bonds is 67. The van der Waals surface area contributed by atoms with E-state index in [2.05, 4.69) is 25.8 Å². The number of aryl methyl sites for hydroxylation is 1. The summed E-state index contributed by atoms with van der Waals surface area (Å²) in [6, 6.07) is 27.6. The van der Waals surface area contributed by atoms with Crippen LogP contribution in [0.1, 0.15) is 374 Å². The molecule has 0 saturated carbocycles. The van der Waals surface area contributed by atoms with Crippen LogP contribution in [-0.2, 0) is 29.3 Å². The summed E-state index contributed by atoms with van der Waals surface area (Å²) in [6.07, 6.45) is 58.7. The molecular formula is C94H146N2O14. The van der Waals surface area contributed by atoms with Crippen LogP contribution in [0.3, 0.4) is 0 Å². The van der Waals surface area contributed by atoms with Crippen molar-refractivity contribution >= 4 is 11.9 Å². The summed E-state index contributed by atoms with van der Waals surface area (Å²) in [5.41, 5.74) is -0.418. The Bertz CT molecular complexity index is 3210. The van der Waals surface area contributed by atoms with Gasteiger partial charge in [-0.15, -0.1) is 0 Å². The van der Waals surface area contributed by atoms with Gasteiger partial charge in [-0.3, -0.25) is 14.3 Å². The summed E-state index contributed by atoms with van der Waals surface area (Å²) >= 11 is 0. The van der Waals surface area contributed by atoms with Crippen LogP contribution < -0.4 is 34.9 Å². The van der Waals surface area contributed by atoms with Gasteiger partial charge in [-0.05, 0) is 79.3 Å². The van der Waals surface area contributed by atoms with Gasteiger partial charge in [0.05, 0.1) is 52.6 Å². The summed E-state index contributed by atoms with van der Waals surface area (Å²) in [5, 5.41) is 12.8. The van der Waals surface area contributed by atoms with Crippen molar-refractivity contribution in [3.05, 3.63) is 146 Å². The molecule has 16 heteroatoms. The van der Waals surface area contributed by atoms with Gasteiger partial charge in [0.15, 0.2) is 18.1 Å². The van der Waals surface area contributed by atoms with E-state index < -0.39 is 66.5 Å². The number of nitrogens with zero attached hydrogens (tertiary/aromatic N) is 1. The molecule has 1 aromatic heterocycles. The van der Waals surface area contributed by atoms with Gasteiger partial charge in [-0.2, -0.15) is 0 Å². The zero-order valence-electron chi connectivity index (χ0n) is 69.3. The molecule has 1 aliphatic rings. The maximum absolute atomic E-state index is 14.6. The van der Waals surface area contributed by atoms with E-state index >= 15 is 0 Å². The van der Waals surface area contributed by atoms with Crippen LogP contribution in [-0.4, -0.2) is 85.7 Å². The number of aromatic amines is 1. The molecule has 2 N–H and O–H groups in total. The zero-order chi connectivity index (χ0) is 78.4. The van der Waals surface area contributed by atoms with Crippen molar-refractivity contribution in [3.8, 4) is 28.7 Å². The van der Waals surface area contributed by atoms with E-state index in [1.54, 1.807) is 33.3 Å². The number of carbonyl (C=O) groups excluding carboxylic acids is 2. The van der Waals surface area contributed by atoms with Crippen LogP contribution in [0.25, 0.3) is 0 Å². The lowest BCUT2D eigenvalue weighted by Gasteiger charge is -2.38. The Hall–Kier alpha value is -6.62. The Labute approximate surface area is 663 Å². The number of carbonyl (C=O) groups is 2. The Morgan fingerprint density at radius 2 is 0.827 bits per heavy atom. The average Bonchev–Trinajstić information content (AvgIpc) is 1.26. The molecule has 2 heterocycles. The first-order valence-corrected chi connectivity index (χ1v) is 44.0. The van der Waals surface area contributed by atoms with Crippen LogP contribution in [0.2, 0.25) is 0 Å². The molecular weight excluding hydrogens is 1380 g/mol. The molecule has 0 unspecified atom stereocenters. The van der Waals surface area contributed by atoms with E-state index in [-0.39, 0.29) is 11.1 Å². The second-order valence-electron chi connectivity index (χ2n) is 31.2. The largest absolute Gasteiger partial charge is 0.497 e. The monoisotopic (exact) mass is 1530 g/mol. The van der Waals surface area contributed by atoms with Crippen LogP contribution in [0.4, 0.5) is 0 Å². The van der Waals surface area contributed by atoms with Gasteiger partial charge < -0.3 is 47.7 Å². The highest BCUT2D eigenvalue weighted by molar-refractivity contribution is 5.92. The molecule has 1 saturated heterocycles. The van der Waals surface area contributed by atoms with E-state index in [1.807, 2.05) is 78.9 Å². The zero-order valence-corrected chi connectivity index (χ0v) is 69.3. The van der Waals surface area contributed by atoms with Gasteiger partial charge in [-0.25, -0.2) is 14.4 Å². The van der Waals surface area contributed by atoms with Crippen molar-refractivity contribution in [1.82, 2.24) is 9.55 Å². The number of nitrogens with one attached hydrogen (secondary N) is 1. The van der Waals surface area contributed by atoms with E-state index in [0.29, 0.717) is 65.3 Å². The predicted octanol–water partition coefficient (Wildman–Crippen LogP) is 24.2. The summed E-state index contributed by atoms with van der Waals surface area (Å²) in [5.74, 6) is -2.02. The van der Waals surface area contributed by atoms with Gasteiger partial charge in [0.2, 0.25) is 11.5 Å². The fourth-order valence-corrected chi connectivity index (χ4v) is 15.2. The van der Waals surface area contributed by atoms with E-state index in [0.717, 1.165) is 62.4 Å². The minimum atomic E-state index is -2.49. The smallest absolute Gasteiger partial charge is 0.346 e. The normalized spacial score (nSPS) is 14.9. The van der Waals surface area contributed by atoms with Crippen molar-refractivity contribution in [3.63, 3.8) is 0 Å². The molecule has 0 spiro atoms. The molecule has 0 amide bonds. The van der Waals surface area contributed by atoms with Crippen molar-refractivity contribution in [2.24, 2.45) is 0 Å². The molecule has 3 atom stereocenters. The first-order chi connectivity index (χ1) is 53.9. The molecule has 0 bridgehead atoms. The number of esters is 2. The van der Waals surface area contributed by atoms with Crippen LogP contribution >= 0.6 is 0 Å². The summed E-state index contributed by atoms with van der Waals surface area (Å²) in [6.45, 7) is 8.29. The number of hydrogen-bond acceptors (Lipinski definition) is 14. The number of aliphatic hydroxyl groups is 1. The van der Waals surface area contributed by atoms with Gasteiger partial charge in [0.25, 0.3) is 5.56 Å². The summed E-state index contributed by atoms with van der Waals surface area (Å²) in [7, 11) is 3.17. The van der Waals surface area contributed by atoms with Crippen molar-refractivity contribution in [2.75, 3.05) is 47.3 Å². The number of unbranched alkanes of at least 4 members (excludes halogenated alkanes) is 45. The van der Waals surface area contributed by atoms with Gasteiger partial charge in [0.1, 0.15) is 29.4 Å².